The van der Waals surface area contributed by atoms with Crippen molar-refractivity contribution in [2.45, 2.75) is 39.0 Å². The van der Waals surface area contributed by atoms with Crippen LogP contribution in [0.2, 0.25) is 0 Å². The molecule has 1 aromatic heterocycles. The Morgan fingerprint density at radius 1 is 1.29 bits per heavy atom. The summed E-state index contributed by atoms with van der Waals surface area (Å²) in [5, 5.41) is 5.26. The second kappa shape index (κ2) is 9.68. The van der Waals surface area contributed by atoms with Crippen molar-refractivity contribution in [2.24, 2.45) is 5.92 Å². The maximum absolute atomic E-state index is 13.2. The third kappa shape index (κ3) is 5.55. The van der Waals surface area contributed by atoms with E-state index in [1.54, 1.807) is 36.3 Å². The number of nitrogens with one attached hydrogen (secondary N) is 1. The molecule has 3 rings (SSSR count). The molecule has 0 unspecified atom stereocenters. The number of aryl methyl sites for hydroxylation is 1. The smallest absolute Gasteiger partial charge is 0.254 e. The average Bonchev–Trinajstić information content (AvgIpc) is 3.12. The van der Waals surface area contributed by atoms with Crippen LogP contribution in [0.5, 0.6) is 5.75 Å². The van der Waals surface area contributed by atoms with Gasteiger partial charge < -0.3 is 15.0 Å². The van der Waals surface area contributed by atoms with Crippen molar-refractivity contribution in [1.29, 1.82) is 0 Å². The van der Waals surface area contributed by atoms with Gasteiger partial charge in [0, 0.05) is 17.5 Å². The van der Waals surface area contributed by atoms with Crippen molar-refractivity contribution < 1.29 is 14.3 Å². The number of rotatable bonds is 7. The molecule has 1 aliphatic rings. The van der Waals surface area contributed by atoms with Crippen molar-refractivity contribution in [2.75, 3.05) is 25.5 Å². The Balaban J connectivity index is 1.73. The number of anilines is 1. The van der Waals surface area contributed by atoms with Crippen LogP contribution >= 0.6 is 11.3 Å². The van der Waals surface area contributed by atoms with Gasteiger partial charge in [0.2, 0.25) is 5.91 Å². The molecular weight excluding hydrogens is 374 g/mol. The Bertz CT molecular complexity index is 815. The summed E-state index contributed by atoms with van der Waals surface area (Å²) in [6.45, 7) is 2.50. The van der Waals surface area contributed by atoms with Gasteiger partial charge in [-0.15, -0.1) is 11.3 Å². The highest BCUT2D eigenvalue weighted by Crippen LogP contribution is 2.25. The van der Waals surface area contributed by atoms with Crippen molar-refractivity contribution in [3.8, 4) is 5.75 Å². The number of thiazole rings is 1. The topological polar surface area (TPSA) is 71.5 Å². The standard InChI is InChI=1S/C21H27N3O3S/c1-15-14-28-21(22-15)23-19(25)13-24(12-16-7-4-3-5-8-16)20(26)17-9-6-10-18(11-17)27-2/h6,9-11,14,16H,3-5,7-8,12-13H2,1-2H3,(H,22,23,25). The fourth-order valence-corrected chi connectivity index (χ4v) is 4.29. The number of amides is 2. The Morgan fingerprint density at radius 2 is 2.07 bits per heavy atom. The molecule has 6 nitrogen and oxygen atoms in total. The number of hydrogen-bond donors (Lipinski definition) is 1. The van der Waals surface area contributed by atoms with E-state index in [1.165, 1.54) is 30.6 Å². The average molecular weight is 402 g/mol. The summed E-state index contributed by atoms with van der Waals surface area (Å²) in [5.74, 6) is 0.709. The van der Waals surface area contributed by atoms with E-state index >= 15 is 0 Å². The zero-order valence-corrected chi connectivity index (χ0v) is 17.3. The van der Waals surface area contributed by atoms with Gasteiger partial charge in [0.1, 0.15) is 12.3 Å². The van der Waals surface area contributed by atoms with Crippen molar-refractivity contribution in [3.63, 3.8) is 0 Å². The molecule has 0 radical (unpaired) electrons. The van der Waals surface area contributed by atoms with Crippen LogP contribution in [0.1, 0.15) is 48.2 Å². The summed E-state index contributed by atoms with van der Waals surface area (Å²) >= 11 is 1.39. The van der Waals surface area contributed by atoms with Gasteiger partial charge in [-0.25, -0.2) is 4.98 Å². The summed E-state index contributed by atoms with van der Waals surface area (Å²) in [6, 6.07) is 7.09. The highest BCUT2D eigenvalue weighted by Gasteiger charge is 2.24. The molecule has 0 spiro atoms. The molecule has 1 heterocycles. The molecule has 0 aliphatic heterocycles. The Labute approximate surface area is 169 Å². The van der Waals surface area contributed by atoms with Gasteiger partial charge in [-0.2, -0.15) is 0 Å². The fourth-order valence-electron chi connectivity index (χ4n) is 3.58. The van der Waals surface area contributed by atoms with Gasteiger partial charge in [0.25, 0.3) is 5.91 Å². The first-order valence-corrected chi connectivity index (χ1v) is 10.6. The van der Waals surface area contributed by atoms with Crippen LogP contribution < -0.4 is 10.1 Å². The Hall–Kier alpha value is -2.41. The van der Waals surface area contributed by atoms with E-state index in [0.29, 0.717) is 28.9 Å². The van der Waals surface area contributed by atoms with E-state index in [4.69, 9.17) is 4.74 Å². The van der Waals surface area contributed by atoms with Crippen molar-refractivity contribution in [3.05, 3.63) is 40.9 Å². The van der Waals surface area contributed by atoms with Gasteiger partial charge >= 0.3 is 0 Å². The third-order valence-electron chi connectivity index (χ3n) is 5.01. The predicted molar refractivity (Wildman–Crippen MR) is 111 cm³/mol. The van der Waals surface area contributed by atoms with Gasteiger partial charge in [0.05, 0.1) is 12.8 Å². The summed E-state index contributed by atoms with van der Waals surface area (Å²) in [5.41, 5.74) is 1.40. The largest absolute Gasteiger partial charge is 0.497 e. The number of carbonyl (C=O) groups excluding carboxylic acids is 2. The van der Waals surface area contributed by atoms with Crippen LogP contribution in [-0.4, -0.2) is 41.9 Å². The minimum absolute atomic E-state index is 0.0190. The highest BCUT2D eigenvalue weighted by atomic mass is 32.1. The number of benzene rings is 1. The second-order valence-corrected chi connectivity index (χ2v) is 8.12. The van der Waals surface area contributed by atoms with E-state index in [1.807, 2.05) is 12.3 Å². The monoisotopic (exact) mass is 401 g/mol. The SMILES string of the molecule is COc1cccc(C(=O)N(CC(=O)Nc2nc(C)cs2)CC2CCCCC2)c1. The lowest BCUT2D eigenvalue weighted by Gasteiger charge is -2.29. The first kappa shape index (κ1) is 20.3. The summed E-state index contributed by atoms with van der Waals surface area (Å²) < 4.78 is 5.24. The molecule has 2 aromatic rings. The molecule has 0 bridgehead atoms. The molecule has 28 heavy (non-hydrogen) atoms. The van der Waals surface area contributed by atoms with Gasteiger partial charge in [-0.1, -0.05) is 25.3 Å². The first-order chi connectivity index (χ1) is 13.5. The zero-order valence-electron chi connectivity index (χ0n) is 16.4. The van der Waals surface area contributed by atoms with Crippen LogP contribution in [0.15, 0.2) is 29.6 Å². The van der Waals surface area contributed by atoms with E-state index in [9.17, 15) is 9.59 Å². The van der Waals surface area contributed by atoms with Gasteiger partial charge in [0.15, 0.2) is 5.13 Å². The molecule has 1 saturated carbocycles. The third-order valence-corrected chi connectivity index (χ3v) is 5.88. The minimum Gasteiger partial charge on any atom is -0.497 e. The number of nitrogens with zero attached hydrogens (tertiary/aromatic N) is 2. The first-order valence-electron chi connectivity index (χ1n) is 9.70. The summed E-state index contributed by atoms with van der Waals surface area (Å²) in [4.78, 5) is 31.7. The van der Waals surface area contributed by atoms with E-state index in [0.717, 1.165) is 18.5 Å². The molecule has 2 amide bonds. The molecule has 150 valence electrons. The number of hydrogen-bond acceptors (Lipinski definition) is 5. The fraction of sp³-hybridized carbons (Fsp3) is 0.476. The minimum atomic E-state index is -0.221. The molecule has 0 saturated heterocycles. The number of methoxy groups -OCH3 is 1. The second-order valence-electron chi connectivity index (χ2n) is 7.26. The van der Waals surface area contributed by atoms with Gasteiger partial charge in [-0.05, 0) is 43.9 Å². The summed E-state index contributed by atoms with van der Waals surface area (Å²) in [7, 11) is 1.58. The maximum Gasteiger partial charge on any atom is 0.254 e. The number of ether oxygens (including phenoxy) is 1. The van der Waals surface area contributed by atoms with E-state index < -0.39 is 0 Å². The molecule has 1 aliphatic carbocycles. The lowest BCUT2D eigenvalue weighted by Crippen LogP contribution is -2.41. The normalized spacial score (nSPS) is 14.5. The summed E-state index contributed by atoms with van der Waals surface area (Å²) in [6.07, 6.45) is 5.85. The molecule has 1 aromatic carbocycles. The van der Waals surface area contributed by atoms with Crippen molar-refractivity contribution in [1.82, 2.24) is 9.88 Å². The highest BCUT2D eigenvalue weighted by molar-refractivity contribution is 7.13. The lowest BCUT2D eigenvalue weighted by molar-refractivity contribution is -0.117. The van der Waals surface area contributed by atoms with Crippen LogP contribution in [0.4, 0.5) is 5.13 Å². The molecule has 7 heteroatoms. The molecule has 0 atom stereocenters. The van der Waals surface area contributed by atoms with E-state index in [2.05, 4.69) is 10.3 Å². The zero-order chi connectivity index (χ0) is 19.9. The van der Waals surface area contributed by atoms with E-state index in [-0.39, 0.29) is 18.4 Å². The van der Waals surface area contributed by atoms with Crippen molar-refractivity contribution >= 4 is 28.3 Å². The number of carbonyl (C=O) groups is 2. The van der Waals surface area contributed by atoms with Crippen LogP contribution in [-0.2, 0) is 4.79 Å². The van der Waals surface area contributed by atoms with Crippen LogP contribution in [0, 0.1) is 12.8 Å². The Morgan fingerprint density at radius 3 is 2.75 bits per heavy atom. The number of aromatic nitrogens is 1. The van der Waals surface area contributed by atoms with Gasteiger partial charge in [-0.3, -0.25) is 9.59 Å². The molecular formula is C21H27N3O3S. The maximum atomic E-state index is 13.2. The Kier molecular flexibility index (Phi) is 7.03. The molecule has 1 N–H and O–H groups in total. The van der Waals surface area contributed by atoms with Crippen LogP contribution in [0.3, 0.4) is 0 Å². The molecule has 1 fully saturated rings. The lowest BCUT2D eigenvalue weighted by atomic mass is 9.89. The predicted octanol–water partition coefficient (Wildman–Crippen LogP) is 4.12. The van der Waals surface area contributed by atoms with Crippen LogP contribution in [0.25, 0.3) is 0 Å². The quantitative estimate of drug-likeness (QED) is 0.757.